The van der Waals surface area contributed by atoms with Gasteiger partial charge in [0, 0.05) is 23.7 Å². The maximum atomic E-state index is 12.4. The number of morpholine rings is 1. The van der Waals surface area contributed by atoms with E-state index in [1.54, 1.807) is 36.4 Å². The number of hydrogen-bond donors (Lipinski definition) is 2. The molecule has 1 aliphatic rings. The Balaban J connectivity index is 1.80. The lowest BCUT2D eigenvalue weighted by molar-refractivity contribution is 0.0600. The molecule has 2 aromatic carbocycles. The zero-order valence-electron chi connectivity index (χ0n) is 15.7. The van der Waals surface area contributed by atoms with Crippen LogP contribution in [0, 0.1) is 0 Å². The molecule has 0 unspecified atom stereocenters. The van der Waals surface area contributed by atoms with E-state index in [1.807, 2.05) is 6.07 Å². The van der Waals surface area contributed by atoms with E-state index < -0.39 is 5.97 Å². The number of halogens is 1. The van der Waals surface area contributed by atoms with Crippen LogP contribution in [0.1, 0.15) is 20.7 Å². The number of hydrogen-bond acceptors (Lipinski definition) is 6. The summed E-state index contributed by atoms with van der Waals surface area (Å²) in [4.78, 5) is 26.5. The Bertz CT molecular complexity index is 932. The van der Waals surface area contributed by atoms with E-state index in [0.29, 0.717) is 48.1 Å². The van der Waals surface area contributed by atoms with Gasteiger partial charge in [-0.05, 0) is 48.6 Å². The molecule has 29 heavy (non-hydrogen) atoms. The van der Waals surface area contributed by atoms with Crippen molar-refractivity contribution in [3.8, 4) is 0 Å². The van der Waals surface area contributed by atoms with Crippen LogP contribution in [0.2, 0.25) is 5.02 Å². The first-order chi connectivity index (χ1) is 14.0. The number of thiocarbonyl (C=S) groups is 1. The van der Waals surface area contributed by atoms with Crippen LogP contribution in [0.5, 0.6) is 0 Å². The van der Waals surface area contributed by atoms with Crippen LogP contribution in [-0.2, 0) is 9.47 Å². The number of rotatable bonds is 4. The predicted molar refractivity (Wildman–Crippen MR) is 116 cm³/mol. The highest BCUT2D eigenvalue weighted by Crippen LogP contribution is 2.28. The van der Waals surface area contributed by atoms with Gasteiger partial charge in [0.2, 0.25) is 0 Å². The van der Waals surface area contributed by atoms with Gasteiger partial charge in [-0.15, -0.1) is 0 Å². The van der Waals surface area contributed by atoms with E-state index in [-0.39, 0.29) is 11.0 Å². The molecule has 1 amide bonds. The second-order valence-electron chi connectivity index (χ2n) is 6.24. The molecule has 0 atom stereocenters. The second-order valence-corrected chi connectivity index (χ2v) is 7.09. The molecule has 0 radical (unpaired) electrons. The minimum Gasteiger partial charge on any atom is -0.465 e. The van der Waals surface area contributed by atoms with Gasteiger partial charge in [0.15, 0.2) is 5.11 Å². The Morgan fingerprint density at radius 3 is 2.59 bits per heavy atom. The first-order valence-corrected chi connectivity index (χ1v) is 9.69. The lowest BCUT2D eigenvalue weighted by atomic mass is 10.1. The minimum absolute atomic E-state index is 0.103. The van der Waals surface area contributed by atoms with Gasteiger partial charge in [-0.1, -0.05) is 17.7 Å². The summed E-state index contributed by atoms with van der Waals surface area (Å²) in [5.74, 6) is -0.850. The molecule has 0 spiro atoms. The van der Waals surface area contributed by atoms with Crippen molar-refractivity contribution in [1.82, 2.24) is 5.32 Å². The number of methoxy groups -OCH3 is 1. The van der Waals surface area contributed by atoms with Crippen LogP contribution in [0.3, 0.4) is 0 Å². The SMILES string of the molecule is COC(=O)c1ccc(N2CCOCC2)c(NC(=S)NC(=O)c2cccc(Cl)c2)c1. The lowest BCUT2D eigenvalue weighted by Crippen LogP contribution is -2.38. The van der Waals surface area contributed by atoms with E-state index in [2.05, 4.69) is 15.5 Å². The predicted octanol–water partition coefficient (Wildman–Crippen LogP) is 3.09. The summed E-state index contributed by atoms with van der Waals surface area (Å²) < 4.78 is 10.2. The topological polar surface area (TPSA) is 79.9 Å². The zero-order valence-corrected chi connectivity index (χ0v) is 17.3. The smallest absolute Gasteiger partial charge is 0.337 e. The van der Waals surface area contributed by atoms with Crippen molar-refractivity contribution in [2.45, 2.75) is 0 Å². The Labute approximate surface area is 178 Å². The number of anilines is 2. The molecule has 2 aromatic rings. The van der Waals surface area contributed by atoms with Gasteiger partial charge >= 0.3 is 5.97 Å². The van der Waals surface area contributed by atoms with Crippen LogP contribution >= 0.6 is 23.8 Å². The molecule has 7 nitrogen and oxygen atoms in total. The molecule has 1 heterocycles. The summed E-state index contributed by atoms with van der Waals surface area (Å²) in [5, 5.41) is 6.21. The van der Waals surface area contributed by atoms with Crippen molar-refractivity contribution < 1.29 is 19.1 Å². The Hall–Kier alpha value is -2.68. The molecule has 1 saturated heterocycles. The van der Waals surface area contributed by atoms with E-state index in [4.69, 9.17) is 33.3 Å². The molecule has 9 heteroatoms. The summed E-state index contributed by atoms with van der Waals surface area (Å²) in [6.07, 6.45) is 0. The summed E-state index contributed by atoms with van der Waals surface area (Å²) in [5.41, 5.74) is 2.20. The van der Waals surface area contributed by atoms with Crippen molar-refractivity contribution in [3.63, 3.8) is 0 Å². The third-order valence-corrected chi connectivity index (χ3v) is 4.77. The highest BCUT2D eigenvalue weighted by atomic mass is 35.5. The molecular formula is C20H20ClN3O4S. The van der Waals surface area contributed by atoms with Crippen molar-refractivity contribution in [1.29, 1.82) is 0 Å². The van der Waals surface area contributed by atoms with Crippen molar-refractivity contribution >= 4 is 52.2 Å². The van der Waals surface area contributed by atoms with Crippen LogP contribution in [-0.4, -0.2) is 50.4 Å². The van der Waals surface area contributed by atoms with Gasteiger partial charge in [-0.3, -0.25) is 10.1 Å². The zero-order chi connectivity index (χ0) is 20.8. The second kappa shape index (κ2) is 9.69. The number of carbonyl (C=O) groups excluding carboxylic acids is 2. The van der Waals surface area contributed by atoms with Gasteiger partial charge in [0.25, 0.3) is 5.91 Å². The average molecular weight is 434 g/mol. The fourth-order valence-electron chi connectivity index (χ4n) is 2.92. The summed E-state index contributed by atoms with van der Waals surface area (Å²) in [6, 6.07) is 11.7. The summed E-state index contributed by atoms with van der Waals surface area (Å²) >= 11 is 11.2. The average Bonchev–Trinajstić information content (AvgIpc) is 2.73. The first kappa shape index (κ1) is 21.0. The van der Waals surface area contributed by atoms with E-state index in [1.165, 1.54) is 7.11 Å². The number of nitrogens with zero attached hydrogens (tertiary/aromatic N) is 1. The first-order valence-electron chi connectivity index (χ1n) is 8.91. The molecule has 1 aliphatic heterocycles. The third-order valence-electron chi connectivity index (χ3n) is 4.33. The third kappa shape index (κ3) is 5.44. The van der Waals surface area contributed by atoms with Gasteiger partial charge < -0.3 is 19.7 Å². The largest absolute Gasteiger partial charge is 0.465 e. The Morgan fingerprint density at radius 1 is 1.14 bits per heavy atom. The monoisotopic (exact) mass is 433 g/mol. The van der Waals surface area contributed by atoms with E-state index >= 15 is 0 Å². The maximum absolute atomic E-state index is 12.4. The normalized spacial score (nSPS) is 13.5. The summed E-state index contributed by atoms with van der Waals surface area (Å²) in [7, 11) is 1.32. The quantitative estimate of drug-likeness (QED) is 0.566. The highest BCUT2D eigenvalue weighted by molar-refractivity contribution is 7.80. The molecule has 2 N–H and O–H groups in total. The van der Waals surface area contributed by atoms with E-state index in [9.17, 15) is 9.59 Å². The summed E-state index contributed by atoms with van der Waals surface area (Å²) in [6.45, 7) is 2.62. The van der Waals surface area contributed by atoms with Crippen LogP contribution < -0.4 is 15.5 Å². The standard InChI is InChI=1S/C20H20ClN3O4S/c1-27-19(26)14-5-6-17(24-7-9-28-10-8-24)16(12-14)22-20(29)23-18(25)13-3-2-4-15(21)11-13/h2-6,11-12H,7-10H2,1H3,(H2,22,23,25,29). The van der Waals surface area contributed by atoms with Crippen molar-refractivity contribution in [3.05, 3.63) is 58.6 Å². The van der Waals surface area contributed by atoms with Gasteiger partial charge in [0.05, 0.1) is 37.3 Å². The lowest BCUT2D eigenvalue weighted by Gasteiger charge is -2.31. The number of nitrogens with one attached hydrogen (secondary N) is 2. The van der Waals surface area contributed by atoms with Crippen LogP contribution in [0.15, 0.2) is 42.5 Å². The van der Waals surface area contributed by atoms with Crippen LogP contribution in [0.4, 0.5) is 11.4 Å². The molecular weight excluding hydrogens is 414 g/mol. The number of carbonyl (C=O) groups is 2. The fraction of sp³-hybridized carbons (Fsp3) is 0.250. The van der Waals surface area contributed by atoms with Gasteiger partial charge in [-0.2, -0.15) is 0 Å². The van der Waals surface area contributed by atoms with Crippen LogP contribution in [0.25, 0.3) is 0 Å². The molecule has 0 aromatic heterocycles. The number of amides is 1. The molecule has 3 rings (SSSR count). The van der Waals surface area contributed by atoms with Gasteiger partial charge in [-0.25, -0.2) is 4.79 Å². The number of benzene rings is 2. The molecule has 0 saturated carbocycles. The fourth-order valence-corrected chi connectivity index (χ4v) is 3.31. The molecule has 0 aliphatic carbocycles. The maximum Gasteiger partial charge on any atom is 0.337 e. The van der Waals surface area contributed by atoms with Crippen molar-refractivity contribution in [2.24, 2.45) is 0 Å². The number of ether oxygens (including phenoxy) is 2. The highest BCUT2D eigenvalue weighted by Gasteiger charge is 2.18. The van der Waals surface area contributed by atoms with E-state index in [0.717, 1.165) is 5.69 Å². The molecule has 1 fully saturated rings. The molecule has 152 valence electrons. The molecule has 0 bridgehead atoms. The Kier molecular flexibility index (Phi) is 7.03. The Morgan fingerprint density at radius 2 is 1.90 bits per heavy atom. The number of esters is 1. The van der Waals surface area contributed by atoms with Gasteiger partial charge in [0.1, 0.15) is 0 Å². The minimum atomic E-state index is -0.463. The van der Waals surface area contributed by atoms with Crippen molar-refractivity contribution in [2.75, 3.05) is 43.6 Å².